The maximum absolute atomic E-state index is 13.6. The molecule has 1 aliphatic heterocycles. The first kappa shape index (κ1) is 31.6. The van der Waals surface area contributed by atoms with Gasteiger partial charge < -0.3 is 25.6 Å². The number of carbonyl (C=O) groups is 3. The van der Waals surface area contributed by atoms with E-state index in [-0.39, 0.29) is 31.4 Å². The Morgan fingerprint density at radius 2 is 1.73 bits per heavy atom. The summed E-state index contributed by atoms with van der Waals surface area (Å²) in [6, 6.07) is 11.0. The van der Waals surface area contributed by atoms with Crippen LogP contribution in [0.15, 0.2) is 48.5 Å². The largest absolute Gasteiger partial charge is 0.464 e. The Kier molecular flexibility index (Phi) is 13.0. The SMILES string of the molecule is CCOC(=O)C(Cc1ccc(F)cc1)NC(=O)C(Cc1cccc(N(CCCl)CCCl)c1)NC(=O)C1CCCN1. The van der Waals surface area contributed by atoms with E-state index >= 15 is 0 Å². The number of halogens is 3. The summed E-state index contributed by atoms with van der Waals surface area (Å²) in [6.07, 6.45) is 1.85. The van der Waals surface area contributed by atoms with Crippen LogP contribution in [0.3, 0.4) is 0 Å². The summed E-state index contributed by atoms with van der Waals surface area (Å²) in [5, 5.41) is 8.80. The van der Waals surface area contributed by atoms with Gasteiger partial charge in [-0.25, -0.2) is 9.18 Å². The molecule has 3 atom stereocenters. The quantitative estimate of drug-likeness (QED) is 0.216. The maximum atomic E-state index is 13.6. The van der Waals surface area contributed by atoms with Crippen LogP contribution in [0.5, 0.6) is 0 Å². The topological polar surface area (TPSA) is 99.8 Å². The number of hydrogen-bond acceptors (Lipinski definition) is 6. The van der Waals surface area contributed by atoms with Gasteiger partial charge in [-0.3, -0.25) is 9.59 Å². The third-order valence-electron chi connectivity index (χ3n) is 6.67. The Balaban J connectivity index is 1.83. The van der Waals surface area contributed by atoms with Crippen LogP contribution in [-0.2, 0) is 32.0 Å². The number of anilines is 1. The predicted molar refractivity (Wildman–Crippen MR) is 155 cm³/mol. The molecule has 0 aliphatic carbocycles. The summed E-state index contributed by atoms with van der Waals surface area (Å²) in [5.74, 6) is -0.940. The van der Waals surface area contributed by atoms with Crippen LogP contribution < -0.4 is 20.9 Å². The number of amides is 2. The Labute approximate surface area is 244 Å². The van der Waals surface area contributed by atoms with Crippen LogP contribution in [0.25, 0.3) is 0 Å². The van der Waals surface area contributed by atoms with Crippen molar-refractivity contribution < 1.29 is 23.5 Å². The standard InChI is InChI=1S/C29H37Cl2FN4O4/c1-2-40-29(39)26(18-20-8-10-22(32)11-9-20)35-28(38)25(34-27(37)24-7-4-14-33-24)19-21-5-3-6-23(17-21)36(15-12-30)16-13-31/h3,5-6,8-11,17,24-26,33H,2,4,7,12-16,18-19H2,1H3,(H,34,37)(H,35,38). The van der Waals surface area contributed by atoms with Crippen LogP contribution in [0.1, 0.15) is 30.9 Å². The van der Waals surface area contributed by atoms with E-state index in [0.717, 1.165) is 24.2 Å². The maximum Gasteiger partial charge on any atom is 0.328 e. The number of carbonyl (C=O) groups excluding carboxylic acids is 3. The Hall–Kier alpha value is -2.88. The third-order valence-corrected chi connectivity index (χ3v) is 7.01. The second-order valence-corrected chi connectivity index (χ2v) is 10.3. The van der Waals surface area contributed by atoms with Gasteiger partial charge in [-0.2, -0.15) is 0 Å². The molecule has 40 heavy (non-hydrogen) atoms. The lowest BCUT2D eigenvalue weighted by Crippen LogP contribution is -2.55. The highest BCUT2D eigenvalue weighted by molar-refractivity contribution is 6.18. The van der Waals surface area contributed by atoms with Crippen molar-refractivity contribution in [2.24, 2.45) is 0 Å². The van der Waals surface area contributed by atoms with Crippen LogP contribution >= 0.6 is 23.2 Å². The van der Waals surface area contributed by atoms with Crippen molar-refractivity contribution in [2.75, 3.05) is 42.9 Å². The van der Waals surface area contributed by atoms with E-state index < -0.39 is 29.8 Å². The smallest absolute Gasteiger partial charge is 0.328 e. The molecule has 0 bridgehead atoms. The van der Waals surface area contributed by atoms with Gasteiger partial charge in [0.1, 0.15) is 17.9 Å². The zero-order valence-electron chi connectivity index (χ0n) is 22.6. The third kappa shape index (κ3) is 9.64. The first-order valence-corrected chi connectivity index (χ1v) is 14.6. The number of hydrogen-bond donors (Lipinski definition) is 3. The number of esters is 1. The van der Waals surface area contributed by atoms with E-state index in [4.69, 9.17) is 27.9 Å². The van der Waals surface area contributed by atoms with E-state index in [2.05, 4.69) is 20.9 Å². The van der Waals surface area contributed by atoms with Crippen LogP contribution in [0, 0.1) is 5.82 Å². The minimum absolute atomic E-state index is 0.108. The first-order valence-electron chi connectivity index (χ1n) is 13.6. The summed E-state index contributed by atoms with van der Waals surface area (Å²) < 4.78 is 18.6. The number of alkyl halides is 2. The van der Waals surface area contributed by atoms with E-state index in [1.165, 1.54) is 12.1 Å². The van der Waals surface area contributed by atoms with Gasteiger partial charge in [0.2, 0.25) is 11.8 Å². The van der Waals surface area contributed by atoms with Crippen LogP contribution in [0.4, 0.5) is 10.1 Å². The van der Waals surface area contributed by atoms with Gasteiger partial charge in [-0.15, -0.1) is 23.2 Å². The molecule has 0 spiro atoms. The van der Waals surface area contributed by atoms with Crippen molar-refractivity contribution in [2.45, 2.75) is 50.7 Å². The van der Waals surface area contributed by atoms with Crippen LogP contribution in [-0.4, -0.2) is 73.9 Å². The molecule has 1 saturated heterocycles. The monoisotopic (exact) mass is 594 g/mol. The van der Waals surface area contributed by atoms with E-state index in [9.17, 15) is 18.8 Å². The van der Waals surface area contributed by atoms with Crippen LogP contribution in [0.2, 0.25) is 0 Å². The van der Waals surface area contributed by atoms with Crippen molar-refractivity contribution in [3.05, 3.63) is 65.5 Å². The molecule has 2 aromatic rings. The molecule has 8 nitrogen and oxygen atoms in total. The lowest BCUT2D eigenvalue weighted by molar-refractivity contribution is -0.147. The molecule has 1 aliphatic rings. The fourth-order valence-corrected chi connectivity index (χ4v) is 5.05. The molecular weight excluding hydrogens is 558 g/mol. The summed E-state index contributed by atoms with van der Waals surface area (Å²) in [6.45, 7) is 3.76. The second-order valence-electron chi connectivity index (χ2n) is 9.59. The van der Waals surface area contributed by atoms with Gasteiger partial charge in [0.25, 0.3) is 0 Å². The molecule has 0 radical (unpaired) electrons. The minimum atomic E-state index is -1.02. The summed E-state index contributed by atoms with van der Waals surface area (Å²) in [7, 11) is 0. The molecule has 2 aromatic carbocycles. The fourth-order valence-electron chi connectivity index (χ4n) is 4.64. The van der Waals surface area contributed by atoms with E-state index in [1.54, 1.807) is 19.1 Å². The van der Waals surface area contributed by atoms with Gasteiger partial charge in [0.15, 0.2) is 0 Å². The highest BCUT2D eigenvalue weighted by Gasteiger charge is 2.31. The first-order chi connectivity index (χ1) is 19.3. The molecule has 3 N–H and O–H groups in total. The van der Waals surface area contributed by atoms with Gasteiger partial charge in [0.05, 0.1) is 12.6 Å². The van der Waals surface area contributed by atoms with Crippen molar-refractivity contribution in [1.29, 1.82) is 0 Å². The molecule has 3 unspecified atom stereocenters. The Morgan fingerprint density at radius 3 is 2.35 bits per heavy atom. The van der Waals surface area contributed by atoms with Crippen molar-refractivity contribution in [3.63, 3.8) is 0 Å². The van der Waals surface area contributed by atoms with Crippen molar-refractivity contribution in [1.82, 2.24) is 16.0 Å². The highest BCUT2D eigenvalue weighted by Crippen LogP contribution is 2.18. The zero-order valence-corrected chi connectivity index (χ0v) is 24.1. The molecule has 1 fully saturated rings. The van der Waals surface area contributed by atoms with Gasteiger partial charge in [0, 0.05) is 43.4 Å². The van der Waals surface area contributed by atoms with E-state index in [0.29, 0.717) is 36.8 Å². The Bertz CT molecular complexity index is 1110. The lowest BCUT2D eigenvalue weighted by atomic mass is 10.0. The number of benzene rings is 2. The van der Waals surface area contributed by atoms with Crippen molar-refractivity contribution in [3.8, 4) is 0 Å². The number of nitrogens with one attached hydrogen (secondary N) is 3. The molecule has 11 heteroatoms. The molecular formula is C29H37Cl2FN4O4. The predicted octanol–water partition coefficient (Wildman–Crippen LogP) is 3.18. The average Bonchev–Trinajstić information content (AvgIpc) is 3.49. The van der Waals surface area contributed by atoms with Crippen molar-refractivity contribution >= 4 is 46.7 Å². The van der Waals surface area contributed by atoms with E-state index in [1.807, 2.05) is 24.3 Å². The summed E-state index contributed by atoms with van der Waals surface area (Å²) in [5.41, 5.74) is 2.38. The molecule has 3 rings (SSSR count). The van der Waals surface area contributed by atoms with Gasteiger partial charge >= 0.3 is 5.97 Å². The number of ether oxygens (including phenoxy) is 1. The highest BCUT2D eigenvalue weighted by atomic mass is 35.5. The fraction of sp³-hybridized carbons (Fsp3) is 0.483. The molecule has 218 valence electrons. The Morgan fingerprint density at radius 1 is 1.02 bits per heavy atom. The zero-order chi connectivity index (χ0) is 28.9. The number of rotatable bonds is 15. The molecule has 1 heterocycles. The summed E-state index contributed by atoms with van der Waals surface area (Å²) in [4.78, 5) is 41.5. The normalized spacial score (nSPS) is 16.1. The lowest BCUT2D eigenvalue weighted by Gasteiger charge is -2.25. The molecule has 0 aromatic heterocycles. The number of nitrogens with zero attached hydrogens (tertiary/aromatic N) is 1. The molecule has 2 amide bonds. The minimum Gasteiger partial charge on any atom is -0.464 e. The van der Waals surface area contributed by atoms with Gasteiger partial charge in [-0.05, 0) is 61.7 Å². The average molecular weight is 596 g/mol. The molecule has 0 saturated carbocycles. The summed E-state index contributed by atoms with van der Waals surface area (Å²) >= 11 is 12.0. The van der Waals surface area contributed by atoms with Gasteiger partial charge in [-0.1, -0.05) is 24.3 Å². The second kappa shape index (κ2) is 16.4.